The SMILES string of the molecule is CCCCC(CC)COc1ccc(F)cc1. The molecule has 0 saturated carbocycles. The van der Waals surface area contributed by atoms with Crippen LogP contribution >= 0.6 is 0 Å². The Hall–Kier alpha value is -1.05. The van der Waals surface area contributed by atoms with Gasteiger partial charge in [-0.05, 0) is 36.6 Å². The zero-order valence-electron chi connectivity index (χ0n) is 10.2. The van der Waals surface area contributed by atoms with Crippen molar-refractivity contribution in [1.82, 2.24) is 0 Å². The van der Waals surface area contributed by atoms with Gasteiger partial charge >= 0.3 is 0 Å². The molecule has 0 fully saturated rings. The number of ether oxygens (including phenoxy) is 1. The van der Waals surface area contributed by atoms with Crippen LogP contribution in [0.1, 0.15) is 39.5 Å². The third kappa shape index (κ3) is 4.65. The van der Waals surface area contributed by atoms with Crippen LogP contribution in [0.25, 0.3) is 0 Å². The average Bonchev–Trinajstić information content (AvgIpc) is 2.32. The minimum Gasteiger partial charge on any atom is -0.493 e. The molecule has 0 aliphatic rings. The van der Waals surface area contributed by atoms with Crippen molar-refractivity contribution in [1.29, 1.82) is 0 Å². The molecule has 1 nitrogen and oxygen atoms in total. The van der Waals surface area contributed by atoms with E-state index in [0.29, 0.717) is 5.92 Å². The minimum absolute atomic E-state index is 0.217. The van der Waals surface area contributed by atoms with Crippen LogP contribution in [0.15, 0.2) is 24.3 Å². The third-order valence-electron chi connectivity index (χ3n) is 2.84. The summed E-state index contributed by atoms with van der Waals surface area (Å²) in [7, 11) is 0. The number of hydrogen-bond acceptors (Lipinski definition) is 1. The number of hydrogen-bond donors (Lipinski definition) is 0. The zero-order valence-corrected chi connectivity index (χ0v) is 10.2. The van der Waals surface area contributed by atoms with E-state index in [1.54, 1.807) is 12.1 Å². The molecule has 0 saturated heterocycles. The first-order chi connectivity index (χ1) is 7.76. The standard InChI is InChI=1S/C14H21FO/c1-3-5-6-12(4-2)11-16-14-9-7-13(15)8-10-14/h7-10,12H,3-6,11H2,1-2H3. The predicted octanol–water partition coefficient (Wildman–Crippen LogP) is 4.42. The molecule has 1 aromatic carbocycles. The summed E-state index contributed by atoms with van der Waals surface area (Å²) in [4.78, 5) is 0. The number of benzene rings is 1. The molecule has 0 aromatic heterocycles. The second-order valence-corrected chi connectivity index (χ2v) is 4.18. The first kappa shape index (κ1) is 13.0. The van der Waals surface area contributed by atoms with E-state index in [2.05, 4.69) is 13.8 Å². The molecule has 0 bridgehead atoms. The maximum absolute atomic E-state index is 12.7. The van der Waals surface area contributed by atoms with Gasteiger partial charge in [-0.15, -0.1) is 0 Å². The maximum atomic E-state index is 12.7. The van der Waals surface area contributed by atoms with Crippen molar-refractivity contribution >= 4 is 0 Å². The Kier molecular flexibility index (Phi) is 5.91. The molecule has 0 heterocycles. The van der Waals surface area contributed by atoms with Crippen LogP contribution in [-0.2, 0) is 0 Å². The van der Waals surface area contributed by atoms with Gasteiger partial charge in [0.15, 0.2) is 0 Å². The minimum atomic E-state index is -0.217. The lowest BCUT2D eigenvalue weighted by Crippen LogP contribution is -2.11. The van der Waals surface area contributed by atoms with Gasteiger partial charge in [0, 0.05) is 0 Å². The molecule has 0 spiro atoms. The third-order valence-corrected chi connectivity index (χ3v) is 2.84. The molecule has 0 aliphatic carbocycles. The van der Waals surface area contributed by atoms with Crippen LogP contribution in [0.2, 0.25) is 0 Å². The lowest BCUT2D eigenvalue weighted by atomic mass is 10.0. The van der Waals surface area contributed by atoms with E-state index in [4.69, 9.17) is 4.74 Å². The lowest BCUT2D eigenvalue weighted by Gasteiger charge is -2.15. The quantitative estimate of drug-likeness (QED) is 0.666. The van der Waals surface area contributed by atoms with Crippen molar-refractivity contribution in [2.75, 3.05) is 6.61 Å². The Bertz CT molecular complexity index is 281. The van der Waals surface area contributed by atoms with E-state index in [1.165, 1.54) is 31.4 Å². The van der Waals surface area contributed by atoms with E-state index >= 15 is 0 Å². The van der Waals surface area contributed by atoms with Gasteiger partial charge in [-0.25, -0.2) is 4.39 Å². The number of rotatable bonds is 7. The Balaban J connectivity index is 2.34. The highest BCUT2D eigenvalue weighted by Gasteiger charge is 2.06. The Morgan fingerprint density at radius 2 is 1.88 bits per heavy atom. The molecular weight excluding hydrogens is 203 g/mol. The Morgan fingerprint density at radius 1 is 1.19 bits per heavy atom. The summed E-state index contributed by atoms with van der Waals surface area (Å²) >= 11 is 0. The predicted molar refractivity (Wildman–Crippen MR) is 65.2 cm³/mol. The number of unbranched alkanes of at least 4 members (excludes halogenated alkanes) is 1. The topological polar surface area (TPSA) is 9.23 Å². The monoisotopic (exact) mass is 224 g/mol. The van der Waals surface area contributed by atoms with Gasteiger partial charge in [0.25, 0.3) is 0 Å². The van der Waals surface area contributed by atoms with Crippen LogP contribution in [0.4, 0.5) is 4.39 Å². The zero-order chi connectivity index (χ0) is 11.8. The molecule has 2 heteroatoms. The normalized spacial score (nSPS) is 12.4. The van der Waals surface area contributed by atoms with Gasteiger partial charge < -0.3 is 4.74 Å². The summed E-state index contributed by atoms with van der Waals surface area (Å²) in [6.45, 7) is 5.13. The van der Waals surface area contributed by atoms with E-state index in [9.17, 15) is 4.39 Å². The van der Waals surface area contributed by atoms with E-state index in [-0.39, 0.29) is 5.82 Å². The van der Waals surface area contributed by atoms with Crippen molar-refractivity contribution in [3.63, 3.8) is 0 Å². The largest absolute Gasteiger partial charge is 0.493 e. The summed E-state index contributed by atoms with van der Waals surface area (Å²) in [6, 6.07) is 6.23. The Morgan fingerprint density at radius 3 is 2.44 bits per heavy atom. The summed E-state index contributed by atoms with van der Waals surface area (Å²) in [5, 5.41) is 0. The van der Waals surface area contributed by atoms with Gasteiger partial charge in [0.05, 0.1) is 6.61 Å². The highest BCUT2D eigenvalue weighted by Crippen LogP contribution is 2.16. The van der Waals surface area contributed by atoms with Crippen molar-refractivity contribution in [2.24, 2.45) is 5.92 Å². The summed E-state index contributed by atoms with van der Waals surface area (Å²) in [5.74, 6) is 1.16. The molecule has 0 amide bonds. The fraction of sp³-hybridized carbons (Fsp3) is 0.571. The van der Waals surface area contributed by atoms with Gasteiger partial charge in [-0.1, -0.05) is 33.1 Å². The molecule has 1 aromatic rings. The summed E-state index contributed by atoms with van der Waals surface area (Å²) < 4.78 is 18.3. The van der Waals surface area contributed by atoms with Crippen molar-refractivity contribution in [3.05, 3.63) is 30.1 Å². The highest BCUT2D eigenvalue weighted by atomic mass is 19.1. The molecule has 0 radical (unpaired) electrons. The maximum Gasteiger partial charge on any atom is 0.123 e. The van der Waals surface area contributed by atoms with E-state index in [1.807, 2.05) is 0 Å². The number of halogens is 1. The van der Waals surface area contributed by atoms with Gasteiger partial charge in [0.2, 0.25) is 0 Å². The van der Waals surface area contributed by atoms with Crippen LogP contribution in [0.3, 0.4) is 0 Å². The van der Waals surface area contributed by atoms with E-state index in [0.717, 1.165) is 18.8 Å². The molecular formula is C14H21FO. The van der Waals surface area contributed by atoms with Crippen molar-refractivity contribution in [2.45, 2.75) is 39.5 Å². The summed E-state index contributed by atoms with van der Waals surface area (Å²) in [5.41, 5.74) is 0. The molecule has 0 aliphatic heterocycles. The molecule has 0 N–H and O–H groups in total. The molecule has 1 atom stereocenters. The van der Waals surface area contributed by atoms with Crippen LogP contribution in [0.5, 0.6) is 5.75 Å². The average molecular weight is 224 g/mol. The highest BCUT2D eigenvalue weighted by molar-refractivity contribution is 5.21. The van der Waals surface area contributed by atoms with Gasteiger partial charge in [0.1, 0.15) is 11.6 Å². The second kappa shape index (κ2) is 7.26. The molecule has 1 rings (SSSR count). The lowest BCUT2D eigenvalue weighted by molar-refractivity contribution is 0.233. The molecule has 1 unspecified atom stereocenters. The Labute approximate surface area is 97.6 Å². The fourth-order valence-corrected chi connectivity index (χ4v) is 1.64. The molecule has 16 heavy (non-hydrogen) atoms. The van der Waals surface area contributed by atoms with Crippen molar-refractivity contribution in [3.8, 4) is 5.75 Å². The van der Waals surface area contributed by atoms with Gasteiger partial charge in [-0.2, -0.15) is 0 Å². The van der Waals surface area contributed by atoms with Gasteiger partial charge in [-0.3, -0.25) is 0 Å². The molecule has 90 valence electrons. The van der Waals surface area contributed by atoms with Crippen LogP contribution in [-0.4, -0.2) is 6.61 Å². The first-order valence-electron chi connectivity index (χ1n) is 6.14. The van der Waals surface area contributed by atoms with E-state index < -0.39 is 0 Å². The second-order valence-electron chi connectivity index (χ2n) is 4.18. The fourth-order valence-electron chi connectivity index (χ4n) is 1.64. The smallest absolute Gasteiger partial charge is 0.123 e. The first-order valence-corrected chi connectivity index (χ1v) is 6.14. The summed E-state index contributed by atoms with van der Waals surface area (Å²) in [6.07, 6.45) is 4.84. The van der Waals surface area contributed by atoms with Crippen molar-refractivity contribution < 1.29 is 9.13 Å². The van der Waals surface area contributed by atoms with Crippen LogP contribution in [0, 0.1) is 11.7 Å². The van der Waals surface area contributed by atoms with Crippen LogP contribution < -0.4 is 4.74 Å².